The van der Waals surface area contributed by atoms with Crippen molar-refractivity contribution in [1.29, 1.82) is 0 Å². The summed E-state index contributed by atoms with van der Waals surface area (Å²) in [6, 6.07) is 4.02. The number of aliphatic carboxylic acids is 1. The van der Waals surface area contributed by atoms with Gasteiger partial charge in [0.2, 0.25) is 5.91 Å². The summed E-state index contributed by atoms with van der Waals surface area (Å²) < 4.78 is 11.2. The molecule has 6 nitrogen and oxygen atoms in total. The van der Waals surface area contributed by atoms with E-state index in [-0.39, 0.29) is 24.8 Å². The summed E-state index contributed by atoms with van der Waals surface area (Å²) in [7, 11) is 0. The summed E-state index contributed by atoms with van der Waals surface area (Å²) in [6.07, 6.45) is 2.33. The molecule has 0 saturated carbocycles. The number of aryl methyl sites for hydroxylation is 2. The molecule has 0 unspecified atom stereocenters. The number of hydrogen-bond acceptors (Lipinski definition) is 4. The predicted octanol–water partition coefficient (Wildman–Crippen LogP) is 2.54. The number of benzene rings is 1. The SMILES string of the molecule is Cc1ccc2c(CC(=O)N3C[C@H]4COCC[C@@]4(C(=O)O)C3)coc2c1C. The first-order chi connectivity index (χ1) is 12.4. The lowest BCUT2D eigenvalue weighted by Crippen LogP contribution is -2.45. The maximum absolute atomic E-state index is 12.9. The molecule has 2 fully saturated rings. The van der Waals surface area contributed by atoms with Gasteiger partial charge in [0.15, 0.2) is 0 Å². The average molecular weight is 357 g/mol. The molecule has 4 rings (SSSR count). The highest BCUT2D eigenvalue weighted by Gasteiger charge is 2.54. The highest BCUT2D eigenvalue weighted by molar-refractivity contribution is 5.90. The van der Waals surface area contributed by atoms with Gasteiger partial charge in [-0.15, -0.1) is 0 Å². The fraction of sp³-hybridized carbons (Fsp3) is 0.500. The minimum absolute atomic E-state index is 0.0547. The van der Waals surface area contributed by atoms with Gasteiger partial charge in [0.1, 0.15) is 5.58 Å². The molecule has 1 amide bonds. The zero-order chi connectivity index (χ0) is 18.5. The van der Waals surface area contributed by atoms with Gasteiger partial charge in [-0.25, -0.2) is 0 Å². The summed E-state index contributed by atoms with van der Waals surface area (Å²) in [5.74, 6) is -1.01. The second-order valence-electron chi connectivity index (χ2n) is 7.58. The van der Waals surface area contributed by atoms with Crippen molar-refractivity contribution in [2.75, 3.05) is 26.3 Å². The first kappa shape index (κ1) is 17.1. The van der Waals surface area contributed by atoms with Gasteiger partial charge < -0.3 is 19.2 Å². The van der Waals surface area contributed by atoms with Crippen LogP contribution < -0.4 is 0 Å². The van der Waals surface area contributed by atoms with E-state index in [1.54, 1.807) is 11.2 Å². The molecule has 1 aromatic heterocycles. The minimum Gasteiger partial charge on any atom is -0.481 e. The molecule has 6 heteroatoms. The second kappa shape index (κ2) is 6.13. The molecular weight excluding hydrogens is 334 g/mol. The highest BCUT2D eigenvalue weighted by atomic mass is 16.5. The number of ether oxygens (including phenoxy) is 1. The molecule has 2 aliphatic heterocycles. The van der Waals surface area contributed by atoms with Crippen molar-refractivity contribution in [3.63, 3.8) is 0 Å². The van der Waals surface area contributed by atoms with Crippen molar-refractivity contribution in [3.05, 3.63) is 35.1 Å². The Bertz CT molecular complexity index is 886. The van der Waals surface area contributed by atoms with Crippen LogP contribution in [0.1, 0.15) is 23.1 Å². The molecule has 138 valence electrons. The molecule has 0 aliphatic carbocycles. The molecular formula is C20H23NO5. The van der Waals surface area contributed by atoms with Gasteiger partial charge in [-0.2, -0.15) is 0 Å². The first-order valence-corrected chi connectivity index (χ1v) is 8.97. The summed E-state index contributed by atoms with van der Waals surface area (Å²) in [5.41, 5.74) is 3.04. The van der Waals surface area contributed by atoms with Crippen LogP contribution in [0.5, 0.6) is 0 Å². The number of fused-ring (bicyclic) bond motifs is 2. The van der Waals surface area contributed by atoms with Crippen molar-refractivity contribution >= 4 is 22.8 Å². The number of nitrogens with zero attached hydrogens (tertiary/aromatic N) is 1. The van der Waals surface area contributed by atoms with Crippen LogP contribution in [-0.4, -0.2) is 48.2 Å². The van der Waals surface area contributed by atoms with Gasteiger partial charge in [0.05, 0.1) is 24.7 Å². The number of carboxylic acids is 1. The van der Waals surface area contributed by atoms with Crippen LogP contribution in [0.15, 0.2) is 22.8 Å². The van der Waals surface area contributed by atoms with E-state index in [0.717, 1.165) is 27.7 Å². The Labute approximate surface area is 151 Å². The third-order valence-corrected chi connectivity index (χ3v) is 6.17. The third kappa shape index (κ3) is 2.51. The molecule has 0 radical (unpaired) electrons. The zero-order valence-corrected chi connectivity index (χ0v) is 15.1. The normalized spacial score (nSPS) is 25.5. The number of likely N-dealkylation sites (tertiary alicyclic amines) is 1. The zero-order valence-electron chi connectivity index (χ0n) is 15.1. The van der Waals surface area contributed by atoms with Crippen LogP contribution in [0, 0.1) is 25.2 Å². The number of furan rings is 1. The maximum atomic E-state index is 12.9. The topological polar surface area (TPSA) is 80.0 Å². The smallest absolute Gasteiger partial charge is 0.311 e. The van der Waals surface area contributed by atoms with E-state index >= 15 is 0 Å². The molecule has 0 bridgehead atoms. The van der Waals surface area contributed by atoms with Crippen molar-refractivity contribution in [3.8, 4) is 0 Å². The third-order valence-electron chi connectivity index (χ3n) is 6.17. The fourth-order valence-electron chi connectivity index (χ4n) is 4.29. The Morgan fingerprint density at radius 2 is 2.15 bits per heavy atom. The minimum atomic E-state index is -0.861. The predicted molar refractivity (Wildman–Crippen MR) is 95.0 cm³/mol. The van der Waals surface area contributed by atoms with Crippen molar-refractivity contribution in [1.82, 2.24) is 4.90 Å². The van der Waals surface area contributed by atoms with Crippen LogP contribution in [-0.2, 0) is 20.7 Å². The summed E-state index contributed by atoms with van der Waals surface area (Å²) in [5, 5.41) is 10.7. The van der Waals surface area contributed by atoms with Gasteiger partial charge in [-0.3, -0.25) is 9.59 Å². The van der Waals surface area contributed by atoms with Crippen LogP contribution in [0.3, 0.4) is 0 Å². The highest BCUT2D eigenvalue weighted by Crippen LogP contribution is 2.42. The van der Waals surface area contributed by atoms with Gasteiger partial charge in [-0.05, 0) is 31.4 Å². The molecule has 1 N–H and O–H groups in total. The number of hydrogen-bond donors (Lipinski definition) is 1. The molecule has 1 aromatic carbocycles. The fourth-order valence-corrected chi connectivity index (χ4v) is 4.29. The van der Waals surface area contributed by atoms with Crippen molar-refractivity contribution in [2.24, 2.45) is 11.3 Å². The number of carboxylic acid groups (broad SMARTS) is 1. The van der Waals surface area contributed by atoms with Gasteiger partial charge in [0.25, 0.3) is 0 Å². The van der Waals surface area contributed by atoms with E-state index in [1.165, 1.54) is 0 Å². The molecule has 2 aromatic rings. The second-order valence-corrected chi connectivity index (χ2v) is 7.58. The van der Waals surface area contributed by atoms with Crippen LogP contribution in [0.25, 0.3) is 11.0 Å². The molecule has 3 heterocycles. The first-order valence-electron chi connectivity index (χ1n) is 8.97. The Hall–Kier alpha value is -2.34. The molecule has 2 saturated heterocycles. The van der Waals surface area contributed by atoms with E-state index in [2.05, 4.69) is 0 Å². The summed E-state index contributed by atoms with van der Waals surface area (Å²) in [6.45, 7) is 5.59. The van der Waals surface area contributed by atoms with Crippen molar-refractivity contribution < 1.29 is 23.8 Å². The summed E-state index contributed by atoms with van der Waals surface area (Å²) >= 11 is 0. The standard InChI is InChI=1S/C20H23NO5/c1-12-3-4-16-14(9-26-18(16)13(12)2)7-17(22)21-8-15-10-25-6-5-20(15,11-21)19(23)24/h3-4,9,15H,5-8,10-11H2,1-2H3,(H,23,24)/t15-,20+/m0/s1. The largest absolute Gasteiger partial charge is 0.481 e. The molecule has 2 aliphatic rings. The Morgan fingerprint density at radius 1 is 1.35 bits per heavy atom. The van der Waals surface area contributed by atoms with Crippen LogP contribution in [0.4, 0.5) is 0 Å². The number of amides is 1. The van der Waals surface area contributed by atoms with Gasteiger partial charge in [-0.1, -0.05) is 12.1 Å². The summed E-state index contributed by atoms with van der Waals surface area (Å²) in [4.78, 5) is 26.4. The van der Waals surface area contributed by atoms with Gasteiger partial charge in [0, 0.05) is 36.6 Å². The average Bonchev–Trinajstić information content (AvgIpc) is 3.21. The van der Waals surface area contributed by atoms with E-state index in [9.17, 15) is 14.7 Å². The molecule has 2 atom stereocenters. The Kier molecular flexibility index (Phi) is 4.03. The molecule has 0 spiro atoms. The maximum Gasteiger partial charge on any atom is 0.311 e. The lowest BCUT2D eigenvalue weighted by molar-refractivity contribution is -0.157. The Balaban J connectivity index is 1.56. The number of carbonyl (C=O) groups excluding carboxylic acids is 1. The van der Waals surface area contributed by atoms with E-state index in [1.807, 2.05) is 26.0 Å². The lowest BCUT2D eigenvalue weighted by Gasteiger charge is -2.33. The van der Waals surface area contributed by atoms with E-state index < -0.39 is 11.4 Å². The van der Waals surface area contributed by atoms with Crippen molar-refractivity contribution in [2.45, 2.75) is 26.7 Å². The molecule has 26 heavy (non-hydrogen) atoms. The van der Waals surface area contributed by atoms with Crippen LogP contribution >= 0.6 is 0 Å². The number of carbonyl (C=O) groups is 2. The Morgan fingerprint density at radius 3 is 2.88 bits per heavy atom. The van der Waals surface area contributed by atoms with E-state index in [4.69, 9.17) is 9.15 Å². The lowest BCUT2D eigenvalue weighted by atomic mass is 9.74. The van der Waals surface area contributed by atoms with E-state index in [0.29, 0.717) is 26.2 Å². The monoisotopic (exact) mass is 357 g/mol. The van der Waals surface area contributed by atoms with Gasteiger partial charge >= 0.3 is 5.97 Å². The van der Waals surface area contributed by atoms with Crippen LogP contribution in [0.2, 0.25) is 0 Å². The quantitative estimate of drug-likeness (QED) is 0.913. The number of rotatable bonds is 3.